The number of aryl methyl sites for hydroxylation is 1. The Kier molecular flexibility index (Phi) is 3.49. The van der Waals surface area contributed by atoms with E-state index in [4.69, 9.17) is 0 Å². The van der Waals surface area contributed by atoms with Crippen LogP contribution in [0.3, 0.4) is 0 Å². The summed E-state index contributed by atoms with van der Waals surface area (Å²) in [6.07, 6.45) is 2.51. The van der Waals surface area contributed by atoms with Crippen LogP contribution in [0.25, 0.3) is 0 Å². The summed E-state index contributed by atoms with van der Waals surface area (Å²) in [6.45, 7) is 6.55. The maximum absolute atomic E-state index is 3.47. The molecule has 16 heavy (non-hydrogen) atoms. The molecule has 0 amide bonds. The number of nitrogens with one attached hydrogen (secondary N) is 1. The highest BCUT2D eigenvalue weighted by Crippen LogP contribution is 2.26. The second-order valence-electron chi connectivity index (χ2n) is 5.02. The highest BCUT2D eigenvalue weighted by molar-refractivity contribution is 5.56. The fourth-order valence-corrected chi connectivity index (χ4v) is 2.27. The maximum atomic E-state index is 3.47. The first kappa shape index (κ1) is 11.5. The summed E-state index contributed by atoms with van der Waals surface area (Å²) in [5.41, 5.74) is 4.33. The minimum atomic E-state index is 0.554. The molecule has 0 atom stereocenters. The van der Waals surface area contributed by atoms with E-state index >= 15 is 0 Å². The Bertz CT molecular complexity index is 358. The van der Waals surface area contributed by atoms with Gasteiger partial charge in [0.05, 0.1) is 0 Å². The van der Waals surface area contributed by atoms with Crippen LogP contribution in [0.4, 0.5) is 5.69 Å². The standard InChI is InChI=1S/C14H22N2/c1-11(2)15-10-12-6-7-14-13(9-12)5-4-8-16(14)3/h6-7,9,11,15H,4-5,8,10H2,1-3H3. The molecule has 2 nitrogen and oxygen atoms in total. The van der Waals surface area contributed by atoms with Crippen molar-refractivity contribution >= 4 is 5.69 Å². The van der Waals surface area contributed by atoms with Crippen LogP contribution in [0.15, 0.2) is 18.2 Å². The zero-order chi connectivity index (χ0) is 11.5. The summed E-state index contributed by atoms with van der Waals surface area (Å²) in [7, 11) is 2.18. The monoisotopic (exact) mass is 218 g/mol. The number of benzene rings is 1. The molecule has 1 aromatic carbocycles. The van der Waals surface area contributed by atoms with Crippen LogP contribution in [0.2, 0.25) is 0 Å². The first-order valence-corrected chi connectivity index (χ1v) is 6.23. The lowest BCUT2D eigenvalue weighted by Gasteiger charge is -2.28. The van der Waals surface area contributed by atoms with Crippen molar-refractivity contribution < 1.29 is 0 Å². The number of rotatable bonds is 3. The summed E-state index contributed by atoms with van der Waals surface area (Å²) in [4.78, 5) is 2.36. The maximum Gasteiger partial charge on any atom is 0.0396 e. The molecule has 2 rings (SSSR count). The Morgan fingerprint density at radius 1 is 1.38 bits per heavy atom. The Hall–Kier alpha value is -1.02. The van der Waals surface area contributed by atoms with Gasteiger partial charge in [-0.1, -0.05) is 26.0 Å². The molecule has 0 radical (unpaired) electrons. The topological polar surface area (TPSA) is 15.3 Å². The predicted molar refractivity (Wildman–Crippen MR) is 70.0 cm³/mol. The van der Waals surface area contributed by atoms with E-state index in [1.54, 1.807) is 0 Å². The van der Waals surface area contributed by atoms with Crippen molar-refractivity contribution in [3.05, 3.63) is 29.3 Å². The van der Waals surface area contributed by atoms with Crippen molar-refractivity contribution in [1.29, 1.82) is 0 Å². The molecule has 0 spiro atoms. The number of fused-ring (bicyclic) bond motifs is 1. The van der Waals surface area contributed by atoms with Crippen molar-refractivity contribution in [1.82, 2.24) is 5.32 Å². The van der Waals surface area contributed by atoms with Gasteiger partial charge >= 0.3 is 0 Å². The largest absolute Gasteiger partial charge is 0.374 e. The van der Waals surface area contributed by atoms with E-state index < -0.39 is 0 Å². The van der Waals surface area contributed by atoms with Gasteiger partial charge in [0.25, 0.3) is 0 Å². The fourth-order valence-electron chi connectivity index (χ4n) is 2.27. The SMILES string of the molecule is CC(C)NCc1ccc2c(c1)CCCN2C. The second kappa shape index (κ2) is 4.88. The van der Waals surface area contributed by atoms with Gasteiger partial charge in [0.1, 0.15) is 0 Å². The molecule has 0 bridgehead atoms. The van der Waals surface area contributed by atoms with E-state index in [9.17, 15) is 0 Å². The average Bonchev–Trinajstić information content (AvgIpc) is 2.26. The highest BCUT2D eigenvalue weighted by atomic mass is 15.1. The lowest BCUT2D eigenvalue weighted by molar-refractivity contribution is 0.588. The van der Waals surface area contributed by atoms with E-state index in [0.29, 0.717) is 6.04 Å². The van der Waals surface area contributed by atoms with Gasteiger partial charge in [0.15, 0.2) is 0 Å². The van der Waals surface area contributed by atoms with Crippen LogP contribution in [-0.4, -0.2) is 19.6 Å². The zero-order valence-corrected chi connectivity index (χ0v) is 10.6. The molecule has 1 N–H and O–H groups in total. The van der Waals surface area contributed by atoms with Gasteiger partial charge in [0, 0.05) is 31.9 Å². The van der Waals surface area contributed by atoms with Crippen molar-refractivity contribution in [3.63, 3.8) is 0 Å². The molecule has 2 heteroatoms. The molecule has 0 aromatic heterocycles. The van der Waals surface area contributed by atoms with Crippen LogP contribution >= 0.6 is 0 Å². The highest BCUT2D eigenvalue weighted by Gasteiger charge is 2.13. The van der Waals surface area contributed by atoms with E-state index in [1.807, 2.05) is 0 Å². The van der Waals surface area contributed by atoms with Crippen LogP contribution in [-0.2, 0) is 13.0 Å². The van der Waals surface area contributed by atoms with Crippen molar-refractivity contribution in [2.24, 2.45) is 0 Å². The molecule has 0 saturated heterocycles. The summed E-state index contributed by atoms with van der Waals surface area (Å²) in [5, 5.41) is 3.47. The minimum Gasteiger partial charge on any atom is -0.374 e. The van der Waals surface area contributed by atoms with Gasteiger partial charge in [-0.2, -0.15) is 0 Å². The number of hydrogen-bond donors (Lipinski definition) is 1. The van der Waals surface area contributed by atoms with Crippen molar-refractivity contribution in [2.75, 3.05) is 18.5 Å². The smallest absolute Gasteiger partial charge is 0.0396 e. The molecule has 88 valence electrons. The summed E-state index contributed by atoms with van der Waals surface area (Å²) in [6, 6.07) is 7.43. The lowest BCUT2D eigenvalue weighted by atomic mass is 9.99. The number of nitrogens with zero attached hydrogens (tertiary/aromatic N) is 1. The van der Waals surface area contributed by atoms with Gasteiger partial charge in [-0.25, -0.2) is 0 Å². The number of hydrogen-bond acceptors (Lipinski definition) is 2. The van der Waals surface area contributed by atoms with Crippen LogP contribution in [0.1, 0.15) is 31.4 Å². The van der Waals surface area contributed by atoms with E-state index in [1.165, 1.54) is 36.2 Å². The Morgan fingerprint density at radius 3 is 2.94 bits per heavy atom. The van der Waals surface area contributed by atoms with Crippen LogP contribution in [0, 0.1) is 0 Å². The molecular weight excluding hydrogens is 196 g/mol. The third-order valence-corrected chi connectivity index (χ3v) is 3.21. The van der Waals surface area contributed by atoms with Crippen LogP contribution < -0.4 is 10.2 Å². The van der Waals surface area contributed by atoms with Crippen LogP contribution in [0.5, 0.6) is 0 Å². The molecule has 0 aliphatic carbocycles. The third-order valence-electron chi connectivity index (χ3n) is 3.21. The quantitative estimate of drug-likeness (QED) is 0.839. The van der Waals surface area contributed by atoms with Crippen molar-refractivity contribution in [3.8, 4) is 0 Å². The summed E-state index contributed by atoms with van der Waals surface area (Å²) in [5.74, 6) is 0. The van der Waals surface area contributed by atoms with Gasteiger partial charge in [-0.05, 0) is 30.0 Å². The molecule has 1 aromatic rings. The van der Waals surface area contributed by atoms with Gasteiger partial charge in [0.2, 0.25) is 0 Å². The van der Waals surface area contributed by atoms with Gasteiger partial charge in [-0.3, -0.25) is 0 Å². The zero-order valence-electron chi connectivity index (χ0n) is 10.6. The Morgan fingerprint density at radius 2 is 2.19 bits per heavy atom. The van der Waals surface area contributed by atoms with E-state index in [-0.39, 0.29) is 0 Å². The number of anilines is 1. The van der Waals surface area contributed by atoms with Gasteiger partial charge in [-0.15, -0.1) is 0 Å². The molecular formula is C14H22N2. The van der Waals surface area contributed by atoms with Gasteiger partial charge < -0.3 is 10.2 Å². The molecule has 0 saturated carbocycles. The Labute approximate surface area is 98.7 Å². The first-order valence-electron chi connectivity index (χ1n) is 6.23. The fraction of sp³-hybridized carbons (Fsp3) is 0.571. The van der Waals surface area contributed by atoms with E-state index in [2.05, 4.69) is 49.3 Å². The predicted octanol–water partition coefficient (Wildman–Crippen LogP) is 2.57. The Balaban J connectivity index is 2.12. The van der Waals surface area contributed by atoms with E-state index in [0.717, 1.165) is 6.54 Å². The normalized spacial score (nSPS) is 15.4. The molecule has 1 heterocycles. The molecule has 1 aliphatic rings. The lowest BCUT2D eigenvalue weighted by Crippen LogP contribution is -2.25. The summed E-state index contributed by atoms with van der Waals surface area (Å²) >= 11 is 0. The molecule has 1 aliphatic heterocycles. The first-order chi connectivity index (χ1) is 7.66. The van der Waals surface area contributed by atoms with Crippen molar-refractivity contribution in [2.45, 2.75) is 39.3 Å². The average molecular weight is 218 g/mol. The third kappa shape index (κ3) is 2.56. The second-order valence-corrected chi connectivity index (χ2v) is 5.02. The molecule has 0 unspecified atom stereocenters. The summed E-state index contributed by atoms with van der Waals surface area (Å²) < 4.78 is 0. The molecule has 0 fully saturated rings. The minimum absolute atomic E-state index is 0.554.